The van der Waals surface area contributed by atoms with E-state index in [1.165, 1.54) is 0 Å². The van der Waals surface area contributed by atoms with Gasteiger partial charge >= 0.3 is 0 Å². The predicted octanol–water partition coefficient (Wildman–Crippen LogP) is 3.07. The van der Waals surface area contributed by atoms with Crippen LogP contribution in [0, 0.1) is 0 Å². The molecular formula is C20H22ClN7O. The molecule has 0 unspecified atom stereocenters. The van der Waals surface area contributed by atoms with Crippen molar-refractivity contribution in [3.63, 3.8) is 0 Å². The molecule has 150 valence electrons. The molecular weight excluding hydrogens is 390 g/mol. The summed E-state index contributed by atoms with van der Waals surface area (Å²) in [5, 5.41) is 11.8. The van der Waals surface area contributed by atoms with Gasteiger partial charge in [-0.05, 0) is 44.2 Å². The Hall–Kier alpha value is -2.74. The van der Waals surface area contributed by atoms with Crippen LogP contribution < -0.4 is 10.2 Å². The molecule has 9 heteroatoms. The highest BCUT2D eigenvalue weighted by Gasteiger charge is 2.26. The van der Waals surface area contributed by atoms with Crippen molar-refractivity contribution in [2.45, 2.75) is 44.1 Å². The summed E-state index contributed by atoms with van der Waals surface area (Å²) in [5.74, 6) is 0.995. The summed E-state index contributed by atoms with van der Waals surface area (Å²) in [5.41, 5.74) is 1.91. The Kier molecular flexibility index (Phi) is 4.79. The van der Waals surface area contributed by atoms with Crippen molar-refractivity contribution in [1.29, 1.82) is 0 Å². The van der Waals surface area contributed by atoms with E-state index in [2.05, 4.69) is 41.4 Å². The molecule has 1 saturated carbocycles. The number of nitrogens with zero attached hydrogens (tertiary/aromatic N) is 5. The maximum atomic E-state index is 12.4. The lowest BCUT2D eigenvalue weighted by molar-refractivity contribution is 0.0906. The number of aromatic nitrogens is 5. The van der Waals surface area contributed by atoms with E-state index in [0.29, 0.717) is 16.9 Å². The first-order valence-electron chi connectivity index (χ1n) is 10.1. The number of hydrogen-bond acceptors (Lipinski definition) is 6. The maximum absolute atomic E-state index is 12.4. The number of amides is 1. The Bertz CT molecular complexity index is 1040. The molecule has 1 amide bonds. The van der Waals surface area contributed by atoms with Gasteiger partial charge in [0.15, 0.2) is 5.65 Å². The summed E-state index contributed by atoms with van der Waals surface area (Å²) >= 11 is 6.19. The van der Waals surface area contributed by atoms with Gasteiger partial charge in [0.1, 0.15) is 11.0 Å². The molecule has 1 aliphatic heterocycles. The fourth-order valence-electron chi connectivity index (χ4n) is 4.05. The fraction of sp³-hybridized carbons (Fsp3) is 0.450. The maximum Gasteiger partial charge on any atom is 0.289 e. The first kappa shape index (κ1) is 18.3. The Morgan fingerprint density at radius 2 is 2.03 bits per heavy atom. The van der Waals surface area contributed by atoms with Crippen LogP contribution in [-0.2, 0) is 0 Å². The second kappa shape index (κ2) is 7.59. The first-order valence-corrected chi connectivity index (χ1v) is 10.4. The van der Waals surface area contributed by atoms with Crippen LogP contribution in [0.1, 0.15) is 54.3 Å². The van der Waals surface area contributed by atoms with Gasteiger partial charge in [-0.2, -0.15) is 5.10 Å². The third kappa shape index (κ3) is 3.64. The molecule has 5 rings (SSSR count). The zero-order valence-electron chi connectivity index (χ0n) is 15.9. The summed E-state index contributed by atoms with van der Waals surface area (Å²) in [7, 11) is 0. The number of fused-ring (bicyclic) bond motifs is 1. The quantitative estimate of drug-likeness (QED) is 0.640. The van der Waals surface area contributed by atoms with E-state index in [-0.39, 0.29) is 17.8 Å². The molecule has 0 radical (unpaired) electrons. The third-order valence-electron chi connectivity index (χ3n) is 5.91. The molecule has 3 aromatic heterocycles. The minimum absolute atomic E-state index is 0.146. The number of anilines is 1. The van der Waals surface area contributed by atoms with Crippen LogP contribution >= 0.6 is 11.6 Å². The van der Waals surface area contributed by atoms with Crippen LogP contribution in [0.4, 0.5) is 5.82 Å². The number of carbonyl (C=O) groups excluding carboxylic acids is 1. The third-order valence-corrected chi connectivity index (χ3v) is 6.10. The number of H-pyrrole nitrogens is 1. The van der Waals surface area contributed by atoms with Gasteiger partial charge in [0.25, 0.3) is 5.91 Å². The van der Waals surface area contributed by atoms with Crippen LogP contribution in [0.5, 0.6) is 0 Å². The van der Waals surface area contributed by atoms with Crippen LogP contribution in [0.2, 0.25) is 5.15 Å². The van der Waals surface area contributed by atoms with Crippen molar-refractivity contribution in [2.75, 3.05) is 18.0 Å². The monoisotopic (exact) mass is 411 g/mol. The average Bonchev–Trinajstić information content (AvgIpc) is 3.14. The van der Waals surface area contributed by atoms with E-state index in [9.17, 15) is 4.79 Å². The van der Waals surface area contributed by atoms with Crippen LogP contribution in [-0.4, -0.2) is 50.2 Å². The fourth-order valence-corrected chi connectivity index (χ4v) is 4.23. The molecule has 2 N–H and O–H groups in total. The van der Waals surface area contributed by atoms with Gasteiger partial charge in [0.05, 0.1) is 0 Å². The Labute approximate surface area is 173 Å². The summed E-state index contributed by atoms with van der Waals surface area (Å²) in [4.78, 5) is 27.5. The number of halogens is 1. The lowest BCUT2D eigenvalue weighted by Crippen LogP contribution is -2.40. The van der Waals surface area contributed by atoms with E-state index in [0.717, 1.165) is 61.9 Å². The number of hydrogen-bond donors (Lipinski definition) is 2. The van der Waals surface area contributed by atoms with Crippen LogP contribution in [0.25, 0.3) is 11.0 Å². The summed E-state index contributed by atoms with van der Waals surface area (Å²) < 4.78 is 0. The Morgan fingerprint density at radius 1 is 1.21 bits per heavy atom. The molecule has 1 aliphatic carbocycles. The molecule has 2 fully saturated rings. The molecule has 0 atom stereocenters. The van der Waals surface area contributed by atoms with Crippen molar-refractivity contribution in [1.82, 2.24) is 30.5 Å². The predicted molar refractivity (Wildman–Crippen MR) is 110 cm³/mol. The van der Waals surface area contributed by atoms with Gasteiger partial charge < -0.3 is 10.2 Å². The summed E-state index contributed by atoms with van der Waals surface area (Å²) in [6.07, 6.45) is 6.86. The smallest absolute Gasteiger partial charge is 0.289 e. The van der Waals surface area contributed by atoms with Crippen molar-refractivity contribution < 1.29 is 4.79 Å². The lowest BCUT2D eigenvalue weighted by atomic mass is 9.92. The van der Waals surface area contributed by atoms with Gasteiger partial charge in [0, 0.05) is 48.4 Å². The van der Waals surface area contributed by atoms with Crippen LogP contribution in [0.3, 0.4) is 0 Å². The minimum Gasteiger partial charge on any atom is -0.356 e. The highest BCUT2D eigenvalue weighted by molar-refractivity contribution is 6.29. The van der Waals surface area contributed by atoms with Gasteiger partial charge in [-0.25, -0.2) is 15.0 Å². The second-order valence-electron chi connectivity index (χ2n) is 7.75. The number of aromatic amines is 1. The Morgan fingerprint density at radius 3 is 2.79 bits per heavy atom. The molecule has 0 aromatic carbocycles. The lowest BCUT2D eigenvalue weighted by Gasteiger charge is -2.32. The first-order chi connectivity index (χ1) is 14.2. The molecule has 1 saturated heterocycles. The van der Waals surface area contributed by atoms with E-state index in [1.807, 2.05) is 6.07 Å². The van der Waals surface area contributed by atoms with Crippen molar-refractivity contribution >= 4 is 34.4 Å². The van der Waals surface area contributed by atoms with Gasteiger partial charge in [-0.3, -0.25) is 9.89 Å². The molecule has 2 aliphatic rings. The zero-order valence-corrected chi connectivity index (χ0v) is 16.7. The van der Waals surface area contributed by atoms with Gasteiger partial charge in [-0.1, -0.05) is 11.6 Å². The van der Waals surface area contributed by atoms with E-state index >= 15 is 0 Å². The second-order valence-corrected chi connectivity index (χ2v) is 8.13. The summed E-state index contributed by atoms with van der Waals surface area (Å²) in [6.45, 7) is 1.64. The number of carbonyl (C=O) groups is 1. The van der Waals surface area contributed by atoms with Crippen molar-refractivity contribution in [2.24, 2.45) is 0 Å². The number of pyridine rings is 1. The minimum atomic E-state index is -0.246. The Balaban J connectivity index is 1.29. The molecule has 3 aromatic rings. The zero-order chi connectivity index (χ0) is 19.8. The topological polar surface area (TPSA) is 99.7 Å². The standard InChI is InChI=1S/C20H22ClN7O/c21-15-11-16(25-19(24-15)20(29)23-13-3-1-4-13)28-9-6-12(7-10-28)17-14-5-2-8-22-18(14)27-26-17/h2,5,8,11-13H,1,3-4,6-7,9-10H2,(H,23,29)(H,22,26,27). The molecule has 4 heterocycles. The van der Waals surface area contributed by atoms with E-state index in [1.54, 1.807) is 12.3 Å². The number of rotatable bonds is 4. The van der Waals surface area contributed by atoms with Crippen molar-refractivity contribution in [3.05, 3.63) is 41.1 Å². The highest BCUT2D eigenvalue weighted by atomic mass is 35.5. The molecule has 0 spiro atoms. The molecule has 8 nitrogen and oxygen atoms in total. The van der Waals surface area contributed by atoms with Crippen LogP contribution in [0.15, 0.2) is 24.4 Å². The molecule has 0 bridgehead atoms. The van der Waals surface area contributed by atoms with E-state index in [4.69, 9.17) is 11.6 Å². The van der Waals surface area contributed by atoms with Gasteiger partial charge in [0.2, 0.25) is 5.82 Å². The highest BCUT2D eigenvalue weighted by Crippen LogP contribution is 2.32. The molecule has 29 heavy (non-hydrogen) atoms. The largest absolute Gasteiger partial charge is 0.356 e. The normalized spacial score (nSPS) is 18.0. The number of piperidine rings is 1. The average molecular weight is 412 g/mol. The summed E-state index contributed by atoms with van der Waals surface area (Å²) in [6, 6.07) is 5.97. The SMILES string of the molecule is O=C(NC1CCC1)c1nc(Cl)cc(N2CCC(c3[nH]nc4ncccc34)CC2)n1. The van der Waals surface area contributed by atoms with Crippen molar-refractivity contribution in [3.8, 4) is 0 Å². The van der Waals surface area contributed by atoms with E-state index < -0.39 is 0 Å². The number of nitrogens with one attached hydrogen (secondary N) is 2. The van der Waals surface area contributed by atoms with Gasteiger partial charge in [-0.15, -0.1) is 0 Å².